The molecule has 0 aliphatic carbocycles. The van der Waals surface area contributed by atoms with Gasteiger partial charge in [-0.3, -0.25) is 0 Å². The molecule has 4 heteroatoms. The minimum Gasteiger partial charge on any atom is -0.495 e. The normalized spacial score (nSPS) is 13.9. The number of nitrogens with one attached hydrogen (secondary N) is 1. The van der Waals surface area contributed by atoms with E-state index in [0.717, 1.165) is 18.7 Å². The van der Waals surface area contributed by atoms with Crippen LogP contribution in [0.5, 0.6) is 5.75 Å². The first kappa shape index (κ1) is 14.8. The number of anilines is 1. The van der Waals surface area contributed by atoms with E-state index in [-0.39, 0.29) is 0 Å². The van der Waals surface area contributed by atoms with Crippen LogP contribution in [0.3, 0.4) is 0 Å². The molecule has 0 saturated carbocycles. The molecule has 0 unspecified atom stereocenters. The van der Waals surface area contributed by atoms with Gasteiger partial charge in [-0.25, -0.2) is 0 Å². The van der Waals surface area contributed by atoms with Crippen molar-refractivity contribution >= 4 is 17.3 Å². The van der Waals surface area contributed by atoms with E-state index in [9.17, 15) is 0 Å². The van der Waals surface area contributed by atoms with Crippen molar-refractivity contribution in [3.8, 4) is 5.75 Å². The fourth-order valence-corrected chi connectivity index (χ4v) is 2.45. The Morgan fingerprint density at radius 3 is 2.75 bits per heavy atom. The highest BCUT2D eigenvalue weighted by molar-refractivity contribution is 6.32. The molecule has 1 aromatic carbocycles. The molecule has 0 bridgehead atoms. The van der Waals surface area contributed by atoms with E-state index in [4.69, 9.17) is 16.3 Å². The van der Waals surface area contributed by atoms with Gasteiger partial charge in [0, 0.05) is 17.4 Å². The van der Waals surface area contributed by atoms with Crippen LogP contribution in [-0.2, 0) is 0 Å². The Morgan fingerprint density at radius 1 is 1.40 bits per heavy atom. The van der Waals surface area contributed by atoms with Crippen LogP contribution in [0.4, 0.5) is 5.69 Å². The van der Waals surface area contributed by atoms with Gasteiger partial charge >= 0.3 is 0 Å². The molecule has 1 aliphatic heterocycles. The summed E-state index contributed by atoms with van der Waals surface area (Å²) in [6.45, 7) is 5.19. The quantitative estimate of drug-likeness (QED) is 0.889. The van der Waals surface area contributed by atoms with Gasteiger partial charge in [0.2, 0.25) is 0 Å². The van der Waals surface area contributed by atoms with Gasteiger partial charge < -0.3 is 15.0 Å². The van der Waals surface area contributed by atoms with Gasteiger partial charge in [-0.05, 0) is 44.7 Å². The van der Waals surface area contributed by atoms with Crippen LogP contribution in [0, 0.1) is 0 Å². The van der Waals surface area contributed by atoms with Crippen LogP contribution >= 0.6 is 11.6 Å². The lowest BCUT2D eigenvalue weighted by Crippen LogP contribution is -2.35. The molecule has 20 heavy (non-hydrogen) atoms. The molecule has 1 aliphatic rings. The van der Waals surface area contributed by atoms with Crippen LogP contribution in [0.15, 0.2) is 42.2 Å². The number of allylic oxidation sites excluding steroid dienone is 2. The Bertz CT molecular complexity index is 523. The number of methoxy groups -OCH3 is 1. The monoisotopic (exact) mass is 292 g/mol. The molecule has 1 N–H and O–H groups in total. The summed E-state index contributed by atoms with van der Waals surface area (Å²) < 4.78 is 5.21. The minimum atomic E-state index is 0.382. The molecule has 0 fully saturated rings. The summed E-state index contributed by atoms with van der Waals surface area (Å²) in [5.41, 5.74) is 2.32. The predicted molar refractivity (Wildman–Crippen MR) is 85.5 cm³/mol. The smallest absolute Gasteiger partial charge is 0.137 e. The van der Waals surface area contributed by atoms with Crippen molar-refractivity contribution in [1.29, 1.82) is 0 Å². The van der Waals surface area contributed by atoms with E-state index in [1.807, 2.05) is 24.4 Å². The van der Waals surface area contributed by atoms with E-state index in [1.54, 1.807) is 7.11 Å². The lowest BCUT2D eigenvalue weighted by molar-refractivity contribution is 0.415. The van der Waals surface area contributed by atoms with Gasteiger partial charge in [0.1, 0.15) is 5.75 Å². The number of nitrogens with zero attached hydrogens (tertiary/aromatic N) is 1. The van der Waals surface area contributed by atoms with Gasteiger partial charge in [-0.1, -0.05) is 23.8 Å². The van der Waals surface area contributed by atoms with Crippen LogP contribution < -0.4 is 15.0 Å². The molecule has 3 nitrogen and oxygen atoms in total. The number of dihydropyridines is 1. The summed E-state index contributed by atoms with van der Waals surface area (Å²) >= 11 is 6.23. The third kappa shape index (κ3) is 3.48. The van der Waals surface area contributed by atoms with E-state index in [0.29, 0.717) is 16.8 Å². The Labute approximate surface area is 125 Å². The van der Waals surface area contributed by atoms with Crippen LogP contribution in [0.25, 0.3) is 0 Å². The molecule has 2 rings (SSSR count). The summed E-state index contributed by atoms with van der Waals surface area (Å²) in [7, 11) is 1.63. The number of rotatable bonds is 5. The van der Waals surface area contributed by atoms with E-state index >= 15 is 0 Å². The van der Waals surface area contributed by atoms with Crippen molar-refractivity contribution in [2.24, 2.45) is 0 Å². The topological polar surface area (TPSA) is 24.5 Å². The summed E-state index contributed by atoms with van der Waals surface area (Å²) in [6.07, 6.45) is 7.29. The maximum absolute atomic E-state index is 6.23. The molecule has 0 saturated heterocycles. The Balaban J connectivity index is 2.20. The standard InChI is InChI=1S/C16H21ClN2O/c1-12(2)19(11-13-6-4-5-9-18-13)14-7-8-16(20-3)15(17)10-14/h5-10,12,18H,4,11H2,1-3H3. The molecular formula is C16H21ClN2O. The number of hydrogen-bond acceptors (Lipinski definition) is 3. The zero-order valence-corrected chi connectivity index (χ0v) is 12.9. The second-order valence-electron chi connectivity index (χ2n) is 5.05. The number of benzene rings is 1. The van der Waals surface area contributed by atoms with E-state index in [1.165, 1.54) is 5.70 Å². The largest absolute Gasteiger partial charge is 0.495 e. The Hall–Kier alpha value is -1.61. The van der Waals surface area contributed by atoms with Crippen molar-refractivity contribution in [3.05, 3.63) is 47.3 Å². The zero-order valence-electron chi connectivity index (χ0n) is 12.2. The van der Waals surface area contributed by atoms with Crippen molar-refractivity contribution in [2.45, 2.75) is 26.3 Å². The van der Waals surface area contributed by atoms with Gasteiger partial charge in [0.05, 0.1) is 18.7 Å². The molecule has 1 aromatic rings. The first-order valence-corrected chi connectivity index (χ1v) is 7.20. The zero-order chi connectivity index (χ0) is 14.5. The lowest BCUT2D eigenvalue weighted by Gasteiger charge is -2.31. The minimum absolute atomic E-state index is 0.382. The summed E-state index contributed by atoms with van der Waals surface area (Å²) in [5.74, 6) is 0.706. The summed E-state index contributed by atoms with van der Waals surface area (Å²) in [4.78, 5) is 2.31. The first-order chi connectivity index (χ1) is 9.61. The highest BCUT2D eigenvalue weighted by atomic mass is 35.5. The summed E-state index contributed by atoms with van der Waals surface area (Å²) in [5, 5.41) is 3.93. The lowest BCUT2D eigenvalue weighted by atomic mass is 10.2. The maximum atomic E-state index is 6.23. The highest BCUT2D eigenvalue weighted by Crippen LogP contribution is 2.30. The third-order valence-corrected chi connectivity index (χ3v) is 3.61. The maximum Gasteiger partial charge on any atom is 0.137 e. The van der Waals surface area contributed by atoms with Crippen LogP contribution in [-0.4, -0.2) is 19.7 Å². The van der Waals surface area contributed by atoms with Crippen molar-refractivity contribution in [2.75, 3.05) is 18.6 Å². The van der Waals surface area contributed by atoms with Gasteiger partial charge in [-0.15, -0.1) is 0 Å². The van der Waals surface area contributed by atoms with Gasteiger partial charge in [0.25, 0.3) is 0 Å². The second kappa shape index (κ2) is 6.71. The van der Waals surface area contributed by atoms with Crippen LogP contribution in [0.1, 0.15) is 20.3 Å². The Kier molecular flexibility index (Phi) is 4.96. The number of halogens is 1. The number of hydrogen-bond donors (Lipinski definition) is 1. The SMILES string of the molecule is COc1ccc(N(CC2=CCC=CN2)C(C)C)cc1Cl. The first-order valence-electron chi connectivity index (χ1n) is 6.82. The number of ether oxygens (including phenoxy) is 1. The fourth-order valence-electron chi connectivity index (χ4n) is 2.20. The third-order valence-electron chi connectivity index (χ3n) is 3.32. The average Bonchev–Trinajstić information content (AvgIpc) is 2.45. The van der Waals surface area contributed by atoms with Gasteiger partial charge in [-0.2, -0.15) is 0 Å². The predicted octanol–water partition coefficient (Wildman–Crippen LogP) is 3.95. The Morgan fingerprint density at radius 2 is 2.20 bits per heavy atom. The highest BCUT2D eigenvalue weighted by Gasteiger charge is 2.14. The molecule has 0 atom stereocenters. The van der Waals surface area contributed by atoms with Crippen molar-refractivity contribution in [1.82, 2.24) is 5.32 Å². The van der Waals surface area contributed by atoms with Gasteiger partial charge in [0.15, 0.2) is 0 Å². The van der Waals surface area contributed by atoms with Crippen molar-refractivity contribution in [3.63, 3.8) is 0 Å². The van der Waals surface area contributed by atoms with Crippen molar-refractivity contribution < 1.29 is 4.74 Å². The molecule has 0 amide bonds. The molecule has 0 radical (unpaired) electrons. The average molecular weight is 293 g/mol. The van der Waals surface area contributed by atoms with Crippen LogP contribution in [0.2, 0.25) is 5.02 Å². The fraction of sp³-hybridized carbons (Fsp3) is 0.375. The van der Waals surface area contributed by atoms with E-state index < -0.39 is 0 Å². The molecule has 108 valence electrons. The summed E-state index contributed by atoms with van der Waals surface area (Å²) in [6, 6.07) is 6.30. The molecule has 0 aromatic heterocycles. The van der Waals surface area contributed by atoms with E-state index in [2.05, 4.69) is 36.2 Å². The second-order valence-corrected chi connectivity index (χ2v) is 5.46. The molecule has 1 heterocycles. The molecular weight excluding hydrogens is 272 g/mol. The molecule has 0 spiro atoms.